The molecule has 1 saturated heterocycles. The number of halogens is 1. The molecule has 17 heavy (non-hydrogen) atoms. The zero-order valence-electron chi connectivity index (χ0n) is 9.52. The van der Waals surface area contributed by atoms with Crippen molar-refractivity contribution in [1.29, 1.82) is 0 Å². The van der Waals surface area contributed by atoms with Gasteiger partial charge in [-0.05, 0) is 24.6 Å². The van der Waals surface area contributed by atoms with E-state index in [1.54, 1.807) is 17.0 Å². The summed E-state index contributed by atoms with van der Waals surface area (Å²) >= 11 is 5.96. The van der Waals surface area contributed by atoms with E-state index >= 15 is 0 Å². The Morgan fingerprint density at radius 1 is 1.59 bits per heavy atom. The summed E-state index contributed by atoms with van der Waals surface area (Å²) in [6.45, 7) is 1.15. The van der Waals surface area contributed by atoms with Gasteiger partial charge in [0.25, 0.3) is 5.91 Å². The summed E-state index contributed by atoms with van der Waals surface area (Å²) in [4.78, 5) is 13.8. The van der Waals surface area contributed by atoms with E-state index in [2.05, 4.69) is 0 Å². The number of amides is 1. The van der Waals surface area contributed by atoms with Crippen molar-refractivity contribution in [3.63, 3.8) is 0 Å². The van der Waals surface area contributed by atoms with E-state index in [0.29, 0.717) is 18.8 Å². The number of methoxy groups -OCH3 is 1. The normalized spacial score (nSPS) is 19.4. The average Bonchev–Trinajstić information content (AvgIpc) is 2.76. The fourth-order valence-electron chi connectivity index (χ4n) is 1.89. The van der Waals surface area contributed by atoms with Crippen LogP contribution in [0.2, 0.25) is 0 Å². The molecule has 0 aromatic heterocycles. The molecule has 1 aromatic rings. The van der Waals surface area contributed by atoms with Gasteiger partial charge in [0.2, 0.25) is 0 Å². The van der Waals surface area contributed by atoms with Crippen molar-refractivity contribution in [2.45, 2.75) is 11.8 Å². The third kappa shape index (κ3) is 2.47. The van der Waals surface area contributed by atoms with E-state index < -0.39 is 0 Å². The second kappa shape index (κ2) is 4.84. The van der Waals surface area contributed by atoms with Gasteiger partial charge in [0.05, 0.1) is 18.1 Å². The van der Waals surface area contributed by atoms with Crippen molar-refractivity contribution in [3.8, 4) is 11.5 Å². The number of nitrogens with zero attached hydrogens (tertiary/aromatic N) is 1. The van der Waals surface area contributed by atoms with E-state index in [1.165, 1.54) is 13.2 Å². The van der Waals surface area contributed by atoms with Crippen molar-refractivity contribution in [2.75, 3.05) is 20.2 Å². The number of rotatable bonds is 2. The molecular weight excluding hydrogens is 242 g/mol. The fraction of sp³-hybridized carbons (Fsp3) is 0.417. The summed E-state index contributed by atoms with van der Waals surface area (Å²) in [5, 5.41) is 9.70. The molecule has 1 aromatic carbocycles. The maximum atomic E-state index is 12.1. The first-order chi connectivity index (χ1) is 8.11. The molecule has 1 fully saturated rings. The number of phenolic OH excluding ortho intramolecular Hbond substituents is 1. The number of alkyl halides is 1. The molecule has 1 aliphatic heterocycles. The SMILES string of the molecule is COc1ccc(O)c(C(=O)N2CCC(Cl)C2)c1. The van der Waals surface area contributed by atoms with Gasteiger partial charge in [-0.15, -0.1) is 11.6 Å². The van der Waals surface area contributed by atoms with E-state index in [9.17, 15) is 9.90 Å². The predicted molar refractivity (Wildman–Crippen MR) is 64.8 cm³/mol. The van der Waals surface area contributed by atoms with Crippen molar-refractivity contribution in [3.05, 3.63) is 23.8 Å². The van der Waals surface area contributed by atoms with Gasteiger partial charge in [0.1, 0.15) is 11.5 Å². The quantitative estimate of drug-likeness (QED) is 0.821. The molecule has 0 radical (unpaired) electrons. The van der Waals surface area contributed by atoms with Crippen molar-refractivity contribution in [1.82, 2.24) is 4.90 Å². The second-order valence-electron chi connectivity index (χ2n) is 4.02. The predicted octanol–water partition coefficient (Wildman–Crippen LogP) is 1.85. The Balaban J connectivity index is 2.24. The number of hydrogen-bond donors (Lipinski definition) is 1. The van der Waals surface area contributed by atoms with Gasteiger partial charge in [0.15, 0.2) is 0 Å². The number of carbonyl (C=O) groups excluding carboxylic acids is 1. The third-order valence-electron chi connectivity index (χ3n) is 2.85. The molecule has 1 N–H and O–H groups in total. The molecule has 1 aliphatic rings. The molecule has 92 valence electrons. The summed E-state index contributed by atoms with van der Waals surface area (Å²) in [5.74, 6) is 0.311. The van der Waals surface area contributed by atoms with E-state index in [4.69, 9.17) is 16.3 Å². The minimum absolute atomic E-state index is 0.00620. The van der Waals surface area contributed by atoms with Gasteiger partial charge in [-0.1, -0.05) is 0 Å². The first-order valence-corrected chi connectivity index (χ1v) is 5.86. The van der Waals surface area contributed by atoms with Gasteiger partial charge in [-0.25, -0.2) is 0 Å². The summed E-state index contributed by atoms with van der Waals surface area (Å²) < 4.78 is 5.04. The summed E-state index contributed by atoms with van der Waals surface area (Å²) in [5.41, 5.74) is 0.259. The molecule has 2 rings (SSSR count). The molecule has 1 unspecified atom stereocenters. The van der Waals surface area contributed by atoms with Crippen LogP contribution >= 0.6 is 11.6 Å². The van der Waals surface area contributed by atoms with Crippen LogP contribution in [0, 0.1) is 0 Å². The van der Waals surface area contributed by atoms with E-state index in [0.717, 1.165) is 6.42 Å². The maximum Gasteiger partial charge on any atom is 0.257 e. The molecular formula is C12H14ClNO3. The summed E-state index contributed by atoms with van der Waals surface area (Å²) in [6.07, 6.45) is 0.790. The summed E-state index contributed by atoms with van der Waals surface area (Å²) in [7, 11) is 1.52. The molecule has 1 heterocycles. The highest BCUT2D eigenvalue weighted by Crippen LogP contribution is 2.26. The Bertz CT molecular complexity index is 436. The Morgan fingerprint density at radius 3 is 2.94 bits per heavy atom. The highest BCUT2D eigenvalue weighted by Gasteiger charge is 2.27. The highest BCUT2D eigenvalue weighted by molar-refractivity contribution is 6.21. The van der Waals surface area contributed by atoms with E-state index in [1.807, 2.05) is 0 Å². The van der Waals surface area contributed by atoms with Gasteiger partial charge < -0.3 is 14.7 Å². The minimum atomic E-state index is -0.204. The molecule has 0 bridgehead atoms. The standard InChI is InChI=1S/C12H14ClNO3/c1-17-9-2-3-11(15)10(6-9)12(16)14-5-4-8(13)7-14/h2-3,6,8,15H,4-5,7H2,1H3. The molecule has 4 nitrogen and oxygen atoms in total. The van der Waals surface area contributed by atoms with Crippen molar-refractivity contribution >= 4 is 17.5 Å². The van der Waals surface area contributed by atoms with Gasteiger partial charge in [0, 0.05) is 13.1 Å². The topological polar surface area (TPSA) is 49.8 Å². The van der Waals surface area contributed by atoms with E-state index in [-0.39, 0.29) is 22.6 Å². The Hall–Kier alpha value is -1.42. The van der Waals surface area contributed by atoms with Gasteiger partial charge >= 0.3 is 0 Å². The number of carbonyl (C=O) groups is 1. The Morgan fingerprint density at radius 2 is 2.35 bits per heavy atom. The lowest BCUT2D eigenvalue weighted by atomic mass is 10.1. The second-order valence-corrected chi connectivity index (χ2v) is 4.64. The largest absolute Gasteiger partial charge is 0.507 e. The van der Waals surface area contributed by atoms with Crippen LogP contribution in [0.1, 0.15) is 16.8 Å². The molecule has 0 aliphatic carbocycles. The lowest BCUT2D eigenvalue weighted by Crippen LogP contribution is -2.28. The Labute approximate surface area is 105 Å². The van der Waals surface area contributed by atoms with Crippen LogP contribution < -0.4 is 4.74 Å². The van der Waals surface area contributed by atoms with Crippen LogP contribution in [0.4, 0.5) is 0 Å². The maximum absolute atomic E-state index is 12.1. The molecule has 1 amide bonds. The van der Waals surface area contributed by atoms with Crippen LogP contribution in [-0.2, 0) is 0 Å². The zero-order chi connectivity index (χ0) is 12.4. The van der Waals surface area contributed by atoms with Crippen LogP contribution in [0.25, 0.3) is 0 Å². The van der Waals surface area contributed by atoms with Crippen LogP contribution in [0.3, 0.4) is 0 Å². The first kappa shape index (κ1) is 12.0. The minimum Gasteiger partial charge on any atom is -0.507 e. The number of aromatic hydroxyl groups is 1. The molecule has 0 saturated carbocycles. The third-order valence-corrected chi connectivity index (χ3v) is 3.21. The highest BCUT2D eigenvalue weighted by atomic mass is 35.5. The van der Waals surface area contributed by atoms with Crippen molar-refractivity contribution in [2.24, 2.45) is 0 Å². The first-order valence-electron chi connectivity index (χ1n) is 5.42. The number of benzene rings is 1. The Kier molecular flexibility index (Phi) is 3.43. The number of hydrogen-bond acceptors (Lipinski definition) is 3. The van der Waals surface area contributed by atoms with Crippen molar-refractivity contribution < 1.29 is 14.6 Å². The zero-order valence-corrected chi connectivity index (χ0v) is 10.3. The molecule has 0 spiro atoms. The van der Waals surface area contributed by atoms with Gasteiger partial charge in [-0.2, -0.15) is 0 Å². The number of likely N-dealkylation sites (tertiary alicyclic amines) is 1. The fourth-order valence-corrected chi connectivity index (χ4v) is 2.15. The lowest BCUT2D eigenvalue weighted by molar-refractivity contribution is 0.0789. The smallest absolute Gasteiger partial charge is 0.257 e. The lowest BCUT2D eigenvalue weighted by Gasteiger charge is -2.16. The van der Waals surface area contributed by atoms with Crippen LogP contribution in [-0.4, -0.2) is 41.5 Å². The van der Waals surface area contributed by atoms with Crippen LogP contribution in [0.15, 0.2) is 18.2 Å². The number of ether oxygens (including phenoxy) is 1. The monoisotopic (exact) mass is 255 g/mol. The number of phenols is 1. The molecule has 5 heteroatoms. The molecule has 1 atom stereocenters. The average molecular weight is 256 g/mol. The summed E-state index contributed by atoms with van der Waals surface area (Å²) in [6, 6.07) is 4.61. The van der Waals surface area contributed by atoms with Gasteiger partial charge in [-0.3, -0.25) is 4.79 Å². The van der Waals surface area contributed by atoms with Crippen LogP contribution in [0.5, 0.6) is 11.5 Å².